The zero-order valence-electron chi connectivity index (χ0n) is 14.5. The molecule has 0 aliphatic carbocycles. The number of hydrogen-bond donors (Lipinski definition) is 3. The number of carbonyl (C=O) groups is 2. The van der Waals surface area contributed by atoms with Gasteiger partial charge in [-0.25, -0.2) is 0 Å². The summed E-state index contributed by atoms with van der Waals surface area (Å²) < 4.78 is 4.86. The number of rotatable bonds is 7. The highest BCUT2D eigenvalue weighted by Gasteiger charge is 2.14. The number of allylic oxidation sites excluding steroid dienone is 1. The van der Waals surface area contributed by atoms with Crippen LogP contribution in [0.5, 0.6) is 5.75 Å². The summed E-state index contributed by atoms with van der Waals surface area (Å²) in [6.07, 6.45) is 2.71. The average molecular weight is 356 g/mol. The molecule has 3 N–H and O–H groups in total. The van der Waals surface area contributed by atoms with E-state index < -0.39 is 11.3 Å². The van der Waals surface area contributed by atoms with Crippen LogP contribution in [0.3, 0.4) is 0 Å². The Labute approximate surface area is 150 Å². The quantitative estimate of drug-likeness (QED) is 0.397. The fourth-order valence-corrected chi connectivity index (χ4v) is 2.28. The highest BCUT2D eigenvalue weighted by Crippen LogP contribution is 2.15. The van der Waals surface area contributed by atoms with Gasteiger partial charge in [0.1, 0.15) is 11.3 Å². The van der Waals surface area contributed by atoms with E-state index in [1.165, 1.54) is 18.2 Å². The molecular weight excluding hydrogens is 336 g/mol. The van der Waals surface area contributed by atoms with Gasteiger partial charge in [-0.1, -0.05) is 18.2 Å². The van der Waals surface area contributed by atoms with E-state index in [1.54, 1.807) is 38.3 Å². The van der Waals surface area contributed by atoms with Crippen molar-refractivity contribution in [2.24, 2.45) is 0 Å². The van der Waals surface area contributed by atoms with Crippen LogP contribution in [-0.4, -0.2) is 42.0 Å². The van der Waals surface area contributed by atoms with Crippen molar-refractivity contribution in [2.75, 3.05) is 20.3 Å². The summed E-state index contributed by atoms with van der Waals surface area (Å²) in [5.41, 5.74) is 0.681. The van der Waals surface area contributed by atoms with Gasteiger partial charge in [-0.05, 0) is 36.8 Å². The summed E-state index contributed by atoms with van der Waals surface area (Å²) in [7, 11) is 1.55. The first-order valence-corrected chi connectivity index (χ1v) is 7.95. The number of aryl methyl sites for hydroxylation is 1. The van der Waals surface area contributed by atoms with E-state index in [4.69, 9.17) is 4.74 Å². The molecule has 0 atom stereocenters. The second-order valence-corrected chi connectivity index (χ2v) is 5.61. The molecule has 0 spiro atoms. The lowest BCUT2D eigenvalue weighted by atomic mass is 10.1. The molecule has 0 bridgehead atoms. The van der Waals surface area contributed by atoms with Gasteiger partial charge in [-0.2, -0.15) is 0 Å². The van der Waals surface area contributed by atoms with Crippen molar-refractivity contribution >= 4 is 17.8 Å². The van der Waals surface area contributed by atoms with Crippen molar-refractivity contribution in [1.82, 2.24) is 10.3 Å². The summed E-state index contributed by atoms with van der Waals surface area (Å²) in [5.74, 6) is -1.18. The number of ether oxygens (including phenoxy) is 1. The molecule has 7 heteroatoms. The predicted molar refractivity (Wildman–Crippen MR) is 97.5 cm³/mol. The first-order valence-electron chi connectivity index (χ1n) is 7.95. The van der Waals surface area contributed by atoms with Crippen LogP contribution in [0, 0.1) is 6.92 Å². The number of aromatic amines is 1. The van der Waals surface area contributed by atoms with Crippen molar-refractivity contribution in [3.05, 3.63) is 69.1 Å². The molecule has 0 radical (unpaired) electrons. The number of carbonyl (C=O) groups excluding carboxylic acids is 2. The molecule has 0 unspecified atom stereocenters. The van der Waals surface area contributed by atoms with Crippen LogP contribution in [0.1, 0.15) is 32.0 Å². The van der Waals surface area contributed by atoms with Gasteiger partial charge in [0, 0.05) is 24.9 Å². The van der Waals surface area contributed by atoms with E-state index in [1.807, 2.05) is 0 Å². The lowest BCUT2D eigenvalue weighted by Crippen LogP contribution is -2.26. The van der Waals surface area contributed by atoms with Crippen LogP contribution < -0.4 is 10.9 Å². The second kappa shape index (κ2) is 8.77. The summed E-state index contributed by atoms with van der Waals surface area (Å²) >= 11 is 0. The molecule has 136 valence electrons. The number of amides is 1. The number of pyridine rings is 1. The first-order chi connectivity index (χ1) is 12.4. The summed E-state index contributed by atoms with van der Waals surface area (Å²) in [6.45, 7) is 2.46. The van der Waals surface area contributed by atoms with Gasteiger partial charge in [-0.15, -0.1) is 0 Å². The number of ketones is 1. The molecule has 1 aromatic carbocycles. The molecule has 2 rings (SSSR count). The van der Waals surface area contributed by atoms with E-state index in [-0.39, 0.29) is 17.2 Å². The topological polar surface area (TPSA) is 108 Å². The SMILES string of the molecule is COCCNC(=O)c1ccc(/C=C/C(=O)c2c(O)cc(C)[nH]c2=O)cc1. The third kappa shape index (κ3) is 4.90. The molecule has 1 heterocycles. The Morgan fingerprint density at radius 1 is 1.27 bits per heavy atom. The van der Waals surface area contributed by atoms with Crippen LogP contribution in [-0.2, 0) is 4.74 Å². The number of nitrogens with one attached hydrogen (secondary N) is 2. The highest BCUT2D eigenvalue weighted by molar-refractivity contribution is 6.08. The number of aromatic nitrogens is 1. The van der Waals surface area contributed by atoms with Crippen LogP contribution in [0.2, 0.25) is 0 Å². The highest BCUT2D eigenvalue weighted by atomic mass is 16.5. The maximum atomic E-state index is 12.2. The Morgan fingerprint density at radius 3 is 2.58 bits per heavy atom. The molecule has 0 saturated heterocycles. The molecule has 0 saturated carbocycles. The first kappa shape index (κ1) is 19.1. The monoisotopic (exact) mass is 356 g/mol. The minimum absolute atomic E-state index is 0.218. The molecule has 0 aliphatic rings. The van der Waals surface area contributed by atoms with Gasteiger partial charge in [0.2, 0.25) is 0 Å². The van der Waals surface area contributed by atoms with Crippen molar-refractivity contribution in [2.45, 2.75) is 6.92 Å². The maximum Gasteiger partial charge on any atom is 0.263 e. The summed E-state index contributed by atoms with van der Waals surface area (Å²) in [6, 6.07) is 7.92. The number of hydrogen-bond acceptors (Lipinski definition) is 5. The van der Waals surface area contributed by atoms with Gasteiger partial charge >= 0.3 is 0 Å². The van der Waals surface area contributed by atoms with Crippen molar-refractivity contribution in [3.8, 4) is 5.75 Å². The van der Waals surface area contributed by atoms with Gasteiger partial charge in [0.25, 0.3) is 11.5 Å². The van der Waals surface area contributed by atoms with E-state index in [0.717, 1.165) is 0 Å². The zero-order valence-corrected chi connectivity index (χ0v) is 14.5. The van der Waals surface area contributed by atoms with E-state index >= 15 is 0 Å². The lowest BCUT2D eigenvalue weighted by Gasteiger charge is -2.04. The molecular formula is C19H20N2O5. The Morgan fingerprint density at radius 2 is 1.96 bits per heavy atom. The van der Waals surface area contributed by atoms with E-state index in [0.29, 0.717) is 30.0 Å². The molecule has 2 aromatic rings. The van der Waals surface area contributed by atoms with Gasteiger partial charge in [0.15, 0.2) is 5.78 Å². The van der Waals surface area contributed by atoms with E-state index in [9.17, 15) is 19.5 Å². The minimum atomic E-state index is -0.639. The number of methoxy groups -OCH3 is 1. The molecule has 0 aliphatic heterocycles. The smallest absolute Gasteiger partial charge is 0.263 e. The number of aromatic hydroxyl groups is 1. The Kier molecular flexibility index (Phi) is 6.46. The fourth-order valence-electron chi connectivity index (χ4n) is 2.28. The van der Waals surface area contributed by atoms with E-state index in [2.05, 4.69) is 10.3 Å². The van der Waals surface area contributed by atoms with Crippen LogP contribution in [0.4, 0.5) is 0 Å². The fraction of sp³-hybridized carbons (Fsp3) is 0.211. The van der Waals surface area contributed by atoms with Crippen LogP contribution in [0.15, 0.2) is 41.2 Å². The van der Waals surface area contributed by atoms with Gasteiger partial charge < -0.3 is 20.1 Å². The molecule has 0 fully saturated rings. The molecule has 26 heavy (non-hydrogen) atoms. The molecule has 1 aromatic heterocycles. The minimum Gasteiger partial charge on any atom is -0.507 e. The van der Waals surface area contributed by atoms with Crippen molar-refractivity contribution in [3.63, 3.8) is 0 Å². The molecule has 1 amide bonds. The van der Waals surface area contributed by atoms with Crippen LogP contribution >= 0.6 is 0 Å². The average Bonchev–Trinajstić information content (AvgIpc) is 2.59. The Hall–Kier alpha value is -3.19. The summed E-state index contributed by atoms with van der Waals surface area (Å²) in [5, 5.41) is 12.5. The standard InChI is InChI=1S/C19H20N2O5/c1-12-11-16(23)17(19(25)21-12)15(22)8-5-13-3-6-14(7-4-13)18(24)20-9-10-26-2/h3-8,11H,9-10H2,1-2H3,(H,20,24)(H2,21,23,25)/b8-5+. The predicted octanol–water partition coefficient (Wildman–Crippen LogP) is 1.66. The van der Waals surface area contributed by atoms with Crippen LogP contribution in [0.25, 0.3) is 6.08 Å². The Bertz CT molecular complexity index is 882. The summed E-state index contributed by atoms with van der Waals surface area (Å²) in [4.78, 5) is 38.3. The van der Waals surface area contributed by atoms with Gasteiger partial charge in [-0.3, -0.25) is 14.4 Å². The third-order valence-corrected chi connectivity index (χ3v) is 3.59. The van der Waals surface area contributed by atoms with Crippen molar-refractivity contribution in [1.29, 1.82) is 0 Å². The van der Waals surface area contributed by atoms with Gasteiger partial charge in [0.05, 0.1) is 6.61 Å². The zero-order chi connectivity index (χ0) is 19.1. The second-order valence-electron chi connectivity index (χ2n) is 5.61. The normalized spacial score (nSPS) is 10.8. The number of H-pyrrole nitrogens is 1. The third-order valence-electron chi connectivity index (χ3n) is 3.59. The number of benzene rings is 1. The molecule has 7 nitrogen and oxygen atoms in total. The van der Waals surface area contributed by atoms with Crippen molar-refractivity contribution < 1.29 is 19.4 Å². The largest absolute Gasteiger partial charge is 0.507 e. The maximum absolute atomic E-state index is 12.2. The Balaban J connectivity index is 2.08. The lowest BCUT2D eigenvalue weighted by molar-refractivity contribution is 0.0936.